The molecule has 3 rings (SSSR count). The lowest BCUT2D eigenvalue weighted by atomic mass is 10.1. The molecule has 1 saturated heterocycles. The fraction of sp³-hybridized carbons (Fsp3) is 0.462. The first-order valence-corrected chi connectivity index (χ1v) is 6.17. The van der Waals surface area contributed by atoms with E-state index in [1.807, 2.05) is 18.2 Å². The average molecular weight is 231 g/mol. The highest BCUT2D eigenvalue weighted by molar-refractivity contribution is 5.76. The van der Waals surface area contributed by atoms with E-state index in [0.29, 0.717) is 12.5 Å². The summed E-state index contributed by atoms with van der Waals surface area (Å²) in [4.78, 5) is 4.73. The summed E-state index contributed by atoms with van der Waals surface area (Å²) in [5, 5.41) is 12.6. The van der Waals surface area contributed by atoms with Gasteiger partial charge in [0, 0.05) is 19.0 Å². The van der Waals surface area contributed by atoms with Crippen LogP contribution in [0.25, 0.3) is 11.0 Å². The molecule has 0 bridgehead atoms. The molecule has 2 heterocycles. The van der Waals surface area contributed by atoms with E-state index in [1.54, 1.807) is 0 Å². The van der Waals surface area contributed by atoms with Crippen LogP contribution < -0.4 is 5.32 Å². The van der Waals surface area contributed by atoms with Crippen molar-refractivity contribution in [3.8, 4) is 0 Å². The smallest absolute Gasteiger partial charge is 0.114 e. The van der Waals surface area contributed by atoms with Crippen molar-refractivity contribution in [2.75, 3.05) is 19.7 Å². The Bertz CT molecular complexity index is 514. The van der Waals surface area contributed by atoms with E-state index in [0.717, 1.165) is 36.4 Å². The van der Waals surface area contributed by atoms with Gasteiger partial charge in [-0.25, -0.2) is 4.98 Å². The Balaban J connectivity index is 2.11. The lowest BCUT2D eigenvalue weighted by molar-refractivity contribution is 0.275. The van der Waals surface area contributed by atoms with Crippen molar-refractivity contribution in [2.45, 2.75) is 18.9 Å². The van der Waals surface area contributed by atoms with Crippen LogP contribution in [0.15, 0.2) is 24.3 Å². The molecule has 1 atom stereocenters. The zero-order chi connectivity index (χ0) is 11.7. The van der Waals surface area contributed by atoms with Crippen LogP contribution in [0.5, 0.6) is 0 Å². The van der Waals surface area contributed by atoms with E-state index >= 15 is 0 Å². The molecular weight excluding hydrogens is 214 g/mol. The third kappa shape index (κ3) is 1.83. The zero-order valence-electron chi connectivity index (χ0n) is 9.76. The maximum atomic E-state index is 9.20. The van der Waals surface area contributed by atoms with Gasteiger partial charge in [0.2, 0.25) is 0 Å². The van der Waals surface area contributed by atoms with Gasteiger partial charge in [-0.05, 0) is 25.1 Å². The van der Waals surface area contributed by atoms with Crippen LogP contribution in [0.3, 0.4) is 0 Å². The first kappa shape index (κ1) is 10.7. The number of hydrogen-bond acceptors (Lipinski definition) is 3. The molecule has 4 nitrogen and oxygen atoms in total. The number of para-hydroxylation sites is 2. The van der Waals surface area contributed by atoms with Crippen LogP contribution in [0.2, 0.25) is 0 Å². The molecule has 1 aromatic heterocycles. The molecule has 90 valence electrons. The Morgan fingerprint density at radius 2 is 2.29 bits per heavy atom. The molecule has 2 N–H and O–H groups in total. The maximum Gasteiger partial charge on any atom is 0.114 e. The summed E-state index contributed by atoms with van der Waals surface area (Å²) in [6.45, 7) is 2.85. The second kappa shape index (κ2) is 4.47. The SMILES string of the molecule is OCCn1c(C2CCNC2)nc2ccccc21. The van der Waals surface area contributed by atoms with Crippen molar-refractivity contribution < 1.29 is 5.11 Å². The molecule has 0 spiro atoms. The number of hydrogen-bond donors (Lipinski definition) is 2. The van der Waals surface area contributed by atoms with Gasteiger partial charge in [-0.3, -0.25) is 0 Å². The molecule has 0 radical (unpaired) electrons. The zero-order valence-corrected chi connectivity index (χ0v) is 9.76. The van der Waals surface area contributed by atoms with Crippen LogP contribution in [-0.4, -0.2) is 34.4 Å². The summed E-state index contributed by atoms with van der Waals surface area (Å²) < 4.78 is 2.16. The monoisotopic (exact) mass is 231 g/mol. The highest BCUT2D eigenvalue weighted by atomic mass is 16.3. The quantitative estimate of drug-likeness (QED) is 0.832. The molecule has 1 aliphatic heterocycles. The Labute approximate surface area is 100 Å². The molecule has 1 unspecified atom stereocenters. The number of rotatable bonds is 3. The summed E-state index contributed by atoms with van der Waals surface area (Å²) in [6, 6.07) is 8.14. The van der Waals surface area contributed by atoms with Crippen molar-refractivity contribution in [1.82, 2.24) is 14.9 Å². The summed E-state index contributed by atoms with van der Waals surface area (Å²) in [7, 11) is 0. The Morgan fingerprint density at radius 1 is 1.41 bits per heavy atom. The van der Waals surface area contributed by atoms with Crippen LogP contribution in [0.4, 0.5) is 0 Å². The minimum Gasteiger partial charge on any atom is -0.395 e. The largest absolute Gasteiger partial charge is 0.395 e. The minimum absolute atomic E-state index is 0.160. The highest BCUT2D eigenvalue weighted by Crippen LogP contribution is 2.25. The van der Waals surface area contributed by atoms with E-state index in [9.17, 15) is 5.11 Å². The van der Waals surface area contributed by atoms with Gasteiger partial charge in [-0.1, -0.05) is 12.1 Å². The molecule has 1 fully saturated rings. The van der Waals surface area contributed by atoms with Crippen LogP contribution in [0.1, 0.15) is 18.2 Å². The van der Waals surface area contributed by atoms with E-state index < -0.39 is 0 Å². The van der Waals surface area contributed by atoms with Gasteiger partial charge < -0.3 is 15.0 Å². The van der Waals surface area contributed by atoms with E-state index in [2.05, 4.69) is 16.0 Å². The van der Waals surface area contributed by atoms with Crippen LogP contribution in [0, 0.1) is 0 Å². The average Bonchev–Trinajstić information content (AvgIpc) is 2.97. The van der Waals surface area contributed by atoms with Gasteiger partial charge in [-0.2, -0.15) is 0 Å². The normalized spacial score (nSPS) is 20.2. The predicted molar refractivity (Wildman–Crippen MR) is 67.0 cm³/mol. The second-order valence-corrected chi connectivity index (χ2v) is 4.52. The Kier molecular flexibility index (Phi) is 2.82. The molecule has 1 aromatic carbocycles. The van der Waals surface area contributed by atoms with Gasteiger partial charge in [0.15, 0.2) is 0 Å². The number of imidazole rings is 1. The van der Waals surface area contributed by atoms with Crippen LogP contribution >= 0.6 is 0 Å². The number of aliphatic hydroxyl groups excluding tert-OH is 1. The van der Waals surface area contributed by atoms with Crippen molar-refractivity contribution in [3.63, 3.8) is 0 Å². The van der Waals surface area contributed by atoms with Gasteiger partial charge in [-0.15, -0.1) is 0 Å². The second-order valence-electron chi connectivity index (χ2n) is 4.52. The number of fused-ring (bicyclic) bond motifs is 1. The maximum absolute atomic E-state index is 9.20. The van der Waals surface area contributed by atoms with E-state index in [-0.39, 0.29) is 6.61 Å². The predicted octanol–water partition coefficient (Wildman–Crippen LogP) is 1.11. The molecule has 0 saturated carbocycles. The molecular formula is C13H17N3O. The highest BCUT2D eigenvalue weighted by Gasteiger charge is 2.22. The first-order chi connectivity index (χ1) is 8.40. The Hall–Kier alpha value is -1.39. The van der Waals surface area contributed by atoms with Gasteiger partial charge in [0.05, 0.1) is 17.6 Å². The summed E-state index contributed by atoms with van der Waals surface area (Å²) >= 11 is 0. The van der Waals surface area contributed by atoms with Crippen molar-refractivity contribution >= 4 is 11.0 Å². The number of nitrogens with one attached hydrogen (secondary N) is 1. The molecule has 0 amide bonds. The van der Waals surface area contributed by atoms with Crippen LogP contribution in [-0.2, 0) is 6.54 Å². The number of benzene rings is 1. The van der Waals surface area contributed by atoms with Gasteiger partial charge in [0.1, 0.15) is 5.82 Å². The number of aromatic nitrogens is 2. The third-order valence-corrected chi connectivity index (χ3v) is 3.43. The van der Waals surface area contributed by atoms with Crippen molar-refractivity contribution in [1.29, 1.82) is 0 Å². The Morgan fingerprint density at radius 3 is 3.06 bits per heavy atom. The van der Waals surface area contributed by atoms with Crippen molar-refractivity contribution in [2.24, 2.45) is 0 Å². The van der Waals surface area contributed by atoms with Crippen molar-refractivity contribution in [3.05, 3.63) is 30.1 Å². The number of aliphatic hydroxyl groups is 1. The lowest BCUT2D eigenvalue weighted by Crippen LogP contribution is -2.14. The molecule has 1 aliphatic rings. The fourth-order valence-corrected chi connectivity index (χ4v) is 2.62. The topological polar surface area (TPSA) is 50.1 Å². The minimum atomic E-state index is 0.160. The van der Waals surface area contributed by atoms with E-state index in [4.69, 9.17) is 4.98 Å². The molecule has 17 heavy (non-hydrogen) atoms. The van der Waals surface area contributed by atoms with Gasteiger partial charge in [0.25, 0.3) is 0 Å². The van der Waals surface area contributed by atoms with Gasteiger partial charge >= 0.3 is 0 Å². The molecule has 0 aliphatic carbocycles. The third-order valence-electron chi connectivity index (χ3n) is 3.43. The molecule has 2 aromatic rings. The summed E-state index contributed by atoms with van der Waals surface area (Å²) in [5.74, 6) is 1.60. The lowest BCUT2D eigenvalue weighted by Gasteiger charge is -2.11. The summed E-state index contributed by atoms with van der Waals surface area (Å²) in [5.41, 5.74) is 2.16. The first-order valence-electron chi connectivity index (χ1n) is 6.17. The standard InChI is InChI=1S/C13H17N3O/c17-8-7-16-12-4-2-1-3-11(12)15-13(16)10-5-6-14-9-10/h1-4,10,14,17H,5-9H2. The molecule has 4 heteroatoms. The number of nitrogens with zero attached hydrogens (tertiary/aromatic N) is 2. The van der Waals surface area contributed by atoms with E-state index in [1.165, 1.54) is 0 Å². The fourth-order valence-electron chi connectivity index (χ4n) is 2.62. The summed E-state index contributed by atoms with van der Waals surface area (Å²) in [6.07, 6.45) is 1.13.